The molecule has 0 aliphatic carbocycles. The molecule has 22 heavy (non-hydrogen) atoms. The van der Waals surface area contributed by atoms with Gasteiger partial charge in [-0.3, -0.25) is 4.90 Å². The summed E-state index contributed by atoms with van der Waals surface area (Å²) in [7, 11) is 1.73. The number of rotatable bonds is 7. The number of methoxy groups -OCH3 is 1. The van der Waals surface area contributed by atoms with Crippen LogP contribution in [0, 0.1) is 0 Å². The predicted octanol–water partition coefficient (Wildman–Crippen LogP) is 4.42. The Kier molecular flexibility index (Phi) is 5.21. The van der Waals surface area contributed by atoms with Gasteiger partial charge in [-0.05, 0) is 17.5 Å². The number of ether oxygens (including phenoxy) is 1. The molecule has 5 heteroatoms. The molecule has 2 heterocycles. The van der Waals surface area contributed by atoms with Crippen molar-refractivity contribution in [3.63, 3.8) is 0 Å². The second-order valence-electron chi connectivity index (χ2n) is 5.02. The third-order valence-corrected chi connectivity index (χ3v) is 4.91. The second-order valence-corrected chi connectivity index (χ2v) is 6.77. The van der Waals surface area contributed by atoms with E-state index in [0.717, 1.165) is 31.1 Å². The van der Waals surface area contributed by atoms with Gasteiger partial charge in [0.1, 0.15) is 5.75 Å². The molecule has 3 rings (SSSR count). The normalized spacial score (nSPS) is 11.0. The van der Waals surface area contributed by atoms with Crippen molar-refractivity contribution < 1.29 is 4.74 Å². The summed E-state index contributed by atoms with van der Waals surface area (Å²) >= 11 is 3.44. The third kappa shape index (κ3) is 3.94. The SMILES string of the molecule is COc1ccccc1CN(Cc1cscn1)Cc1cccs1. The highest BCUT2D eigenvalue weighted by Crippen LogP contribution is 2.22. The number of benzene rings is 1. The second kappa shape index (κ2) is 7.54. The quantitative estimate of drug-likeness (QED) is 0.641. The van der Waals surface area contributed by atoms with E-state index in [9.17, 15) is 0 Å². The van der Waals surface area contributed by atoms with Crippen molar-refractivity contribution in [2.24, 2.45) is 0 Å². The first kappa shape index (κ1) is 15.2. The molecule has 0 N–H and O–H groups in total. The topological polar surface area (TPSA) is 25.4 Å². The van der Waals surface area contributed by atoms with E-state index >= 15 is 0 Å². The van der Waals surface area contributed by atoms with Crippen molar-refractivity contribution in [3.8, 4) is 5.75 Å². The summed E-state index contributed by atoms with van der Waals surface area (Å²) in [6.07, 6.45) is 0. The zero-order valence-electron chi connectivity index (χ0n) is 12.4. The van der Waals surface area contributed by atoms with Crippen LogP contribution in [0.15, 0.2) is 52.7 Å². The molecule has 0 aliphatic heterocycles. The monoisotopic (exact) mass is 330 g/mol. The summed E-state index contributed by atoms with van der Waals surface area (Å²) < 4.78 is 5.48. The highest BCUT2D eigenvalue weighted by Gasteiger charge is 2.12. The molecule has 3 aromatic rings. The Bertz CT molecular complexity index is 644. The van der Waals surface area contributed by atoms with Crippen LogP contribution in [0.3, 0.4) is 0 Å². The third-order valence-electron chi connectivity index (χ3n) is 3.42. The number of thiophene rings is 1. The summed E-state index contributed by atoms with van der Waals surface area (Å²) in [4.78, 5) is 8.19. The molecule has 1 aromatic carbocycles. The van der Waals surface area contributed by atoms with Gasteiger partial charge in [-0.15, -0.1) is 22.7 Å². The van der Waals surface area contributed by atoms with Crippen LogP contribution in [0.4, 0.5) is 0 Å². The first-order valence-electron chi connectivity index (χ1n) is 7.09. The fourth-order valence-electron chi connectivity index (χ4n) is 2.41. The van der Waals surface area contributed by atoms with Crippen LogP contribution in [-0.4, -0.2) is 17.0 Å². The van der Waals surface area contributed by atoms with Crippen LogP contribution in [0.25, 0.3) is 0 Å². The zero-order valence-corrected chi connectivity index (χ0v) is 14.1. The minimum Gasteiger partial charge on any atom is -0.496 e. The van der Waals surface area contributed by atoms with Gasteiger partial charge in [0.25, 0.3) is 0 Å². The Morgan fingerprint density at radius 3 is 2.73 bits per heavy atom. The first-order chi connectivity index (χ1) is 10.8. The van der Waals surface area contributed by atoms with Crippen molar-refractivity contribution in [2.45, 2.75) is 19.6 Å². The molecule has 0 saturated carbocycles. The van der Waals surface area contributed by atoms with Crippen molar-refractivity contribution in [1.29, 1.82) is 0 Å². The Balaban J connectivity index is 1.78. The maximum absolute atomic E-state index is 5.48. The van der Waals surface area contributed by atoms with E-state index in [0.29, 0.717) is 0 Å². The number of aromatic nitrogens is 1. The van der Waals surface area contributed by atoms with Crippen LogP contribution in [0.2, 0.25) is 0 Å². The molecule has 0 saturated heterocycles. The maximum Gasteiger partial charge on any atom is 0.123 e. The first-order valence-corrected chi connectivity index (χ1v) is 8.91. The van der Waals surface area contributed by atoms with Gasteiger partial charge in [-0.2, -0.15) is 0 Å². The molecule has 0 radical (unpaired) electrons. The molecule has 114 valence electrons. The Hall–Kier alpha value is -1.69. The molecular formula is C17H18N2OS2. The lowest BCUT2D eigenvalue weighted by Gasteiger charge is -2.22. The standard InChI is InChI=1S/C17H18N2OS2/c1-20-17-7-3-2-5-14(17)9-19(10-15-12-21-13-18-15)11-16-6-4-8-22-16/h2-8,12-13H,9-11H2,1H3. The molecule has 0 aliphatic rings. The lowest BCUT2D eigenvalue weighted by Crippen LogP contribution is -2.22. The van der Waals surface area contributed by atoms with Crippen molar-refractivity contribution in [3.05, 3.63) is 68.8 Å². The smallest absolute Gasteiger partial charge is 0.123 e. The van der Waals surface area contributed by atoms with Crippen molar-refractivity contribution >= 4 is 22.7 Å². The van der Waals surface area contributed by atoms with Gasteiger partial charge in [-0.1, -0.05) is 24.3 Å². The van der Waals surface area contributed by atoms with E-state index in [4.69, 9.17) is 4.74 Å². The van der Waals surface area contributed by atoms with E-state index < -0.39 is 0 Å². The van der Waals surface area contributed by atoms with E-state index in [-0.39, 0.29) is 0 Å². The van der Waals surface area contributed by atoms with Crippen LogP contribution in [-0.2, 0) is 19.6 Å². The van der Waals surface area contributed by atoms with Gasteiger partial charge in [0.05, 0.1) is 18.3 Å². The lowest BCUT2D eigenvalue weighted by molar-refractivity contribution is 0.243. The molecule has 2 aromatic heterocycles. The predicted molar refractivity (Wildman–Crippen MR) is 92.4 cm³/mol. The molecular weight excluding hydrogens is 312 g/mol. The summed E-state index contributed by atoms with van der Waals surface area (Å²) in [5.74, 6) is 0.942. The largest absolute Gasteiger partial charge is 0.496 e. The van der Waals surface area contributed by atoms with Gasteiger partial charge < -0.3 is 4.74 Å². The van der Waals surface area contributed by atoms with Crippen molar-refractivity contribution in [1.82, 2.24) is 9.88 Å². The number of hydrogen-bond acceptors (Lipinski definition) is 5. The molecule has 3 nitrogen and oxygen atoms in total. The summed E-state index contributed by atoms with van der Waals surface area (Å²) in [6.45, 7) is 2.62. The van der Waals surface area contributed by atoms with E-state index in [1.807, 2.05) is 17.6 Å². The Labute approximate surface area is 138 Å². The highest BCUT2D eigenvalue weighted by atomic mass is 32.1. The molecule has 0 fully saturated rings. The minimum atomic E-state index is 0.847. The van der Waals surface area contributed by atoms with E-state index in [1.54, 1.807) is 29.8 Å². The average Bonchev–Trinajstić information content (AvgIpc) is 3.21. The summed E-state index contributed by atoms with van der Waals surface area (Å²) in [6, 6.07) is 12.5. The van der Waals surface area contributed by atoms with Crippen LogP contribution < -0.4 is 4.74 Å². The Morgan fingerprint density at radius 1 is 1.09 bits per heavy atom. The van der Waals surface area contributed by atoms with Gasteiger partial charge >= 0.3 is 0 Å². The molecule has 0 bridgehead atoms. The fourth-order valence-corrected chi connectivity index (χ4v) is 3.71. The van der Waals surface area contributed by atoms with Gasteiger partial charge in [0, 0.05) is 35.5 Å². The molecule has 0 atom stereocenters. The highest BCUT2D eigenvalue weighted by molar-refractivity contribution is 7.09. The molecule has 0 unspecified atom stereocenters. The Morgan fingerprint density at radius 2 is 2.00 bits per heavy atom. The fraction of sp³-hybridized carbons (Fsp3) is 0.235. The van der Waals surface area contributed by atoms with E-state index in [1.165, 1.54) is 10.4 Å². The van der Waals surface area contributed by atoms with Crippen molar-refractivity contribution in [2.75, 3.05) is 7.11 Å². The van der Waals surface area contributed by atoms with Gasteiger partial charge in [0.2, 0.25) is 0 Å². The minimum absolute atomic E-state index is 0.847. The number of para-hydroxylation sites is 1. The molecule has 0 spiro atoms. The summed E-state index contributed by atoms with van der Waals surface area (Å²) in [5.41, 5.74) is 4.22. The number of hydrogen-bond donors (Lipinski definition) is 0. The van der Waals surface area contributed by atoms with Gasteiger partial charge in [0.15, 0.2) is 0 Å². The van der Waals surface area contributed by atoms with E-state index in [2.05, 4.69) is 44.9 Å². The number of nitrogens with zero attached hydrogens (tertiary/aromatic N) is 2. The van der Waals surface area contributed by atoms with Crippen LogP contribution in [0.5, 0.6) is 5.75 Å². The van der Waals surface area contributed by atoms with Crippen LogP contribution >= 0.6 is 22.7 Å². The molecule has 0 amide bonds. The maximum atomic E-state index is 5.48. The zero-order chi connectivity index (χ0) is 15.2. The number of thiazole rings is 1. The average molecular weight is 330 g/mol. The van der Waals surface area contributed by atoms with Gasteiger partial charge in [-0.25, -0.2) is 4.98 Å². The summed E-state index contributed by atoms with van der Waals surface area (Å²) in [5, 5.41) is 4.24. The lowest BCUT2D eigenvalue weighted by atomic mass is 10.2. The van der Waals surface area contributed by atoms with Crippen LogP contribution in [0.1, 0.15) is 16.1 Å².